The number of anilines is 1. The number of rotatable bonds is 5. The van der Waals surface area contributed by atoms with Gasteiger partial charge in [-0.3, -0.25) is 4.90 Å². The minimum Gasteiger partial charge on any atom is -0.478 e. The number of nitrogens with zero attached hydrogens (tertiary/aromatic N) is 4. The van der Waals surface area contributed by atoms with Gasteiger partial charge in [0.05, 0.1) is 11.6 Å². The first-order valence-electron chi connectivity index (χ1n) is 10.5. The molecule has 0 radical (unpaired) electrons. The van der Waals surface area contributed by atoms with E-state index in [2.05, 4.69) is 10.2 Å². The predicted octanol–water partition coefficient (Wildman–Crippen LogP) is 2.64. The molecule has 2 bridgehead atoms. The number of fused-ring (bicyclic) bond motifs is 5. The molecule has 2 N–H and O–H groups in total. The van der Waals surface area contributed by atoms with Crippen molar-refractivity contribution in [3.05, 3.63) is 54.1 Å². The van der Waals surface area contributed by atoms with E-state index in [1.54, 1.807) is 0 Å². The fourth-order valence-electron chi connectivity index (χ4n) is 4.69. The average Bonchev–Trinajstić information content (AvgIpc) is 3.14. The molecule has 9 heteroatoms. The molecule has 3 aliphatic heterocycles. The topological polar surface area (TPSA) is 120 Å². The molecule has 2 aromatic carbocycles. The summed E-state index contributed by atoms with van der Waals surface area (Å²) in [5.74, 6) is -2.11. The third-order valence-electron chi connectivity index (χ3n) is 6.29. The van der Waals surface area contributed by atoms with E-state index in [4.69, 9.17) is 4.42 Å². The van der Waals surface area contributed by atoms with Crippen molar-refractivity contribution in [2.24, 2.45) is 0 Å². The Bertz CT molecular complexity index is 1210. The number of hydrogen-bond donors (Lipinski definition) is 2. The van der Waals surface area contributed by atoms with Crippen LogP contribution in [0.15, 0.2) is 58.5 Å². The number of hydrogen-bond acceptors (Lipinski definition) is 7. The molecule has 164 valence electrons. The molecule has 0 amide bonds. The normalized spacial score (nSPS) is 23.3. The first-order chi connectivity index (χ1) is 15.5. The molecule has 0 spiro atoms. The minimum absolute atomic E-state index is 0.126. The summed E-state index contributed by atoms with van der Waals surface area (Å²) in [6.45, 7) is 1.64. The summed E-state index contributed by atoms with van der Waals surface area (Å²) in [7, 11) is 0. The van der Waals surface area contributed by atoms with Crippen LogP contribution in [0, 0.1) is 0 Å². The number of carbonyl (C=O) groups is 2. The van der Waals surface area contributed by atoms with E-state index in [0.717, 1.165) is 35.3 Å². The van der Waals surface area contributed by atoms with Crippen LogP contribution >= 0.6 is 0 Å². The van der Waals surface area contributed by atoms with E-state index in [1.165, 1.54) is 0 Å². The van der Waals surface area contributed by atoms with Gasteiger partial charge in [-0.2, -0.15) is 0 Å². The highest BCUT2D eigenvalue weighted by atomic mass is 16.4. The Balaban J connectivity index is 1.48. The molecule has 3 aromatic rings. The number of carboxylic acids is 2. The Kier molecular flexibility index (Phi) is 5.10. The lowest BCUT2D eigenvalue weighted by Crippen LogP contribution is -2.43. The van der Waals surface area contributed by atoms with Gasteiger partial charge in [-0.25, -0.2) is 9.59 Å². The van der Waals surface area contributed by atoms with E-state index in [1.807, 2.05) is 52.3 Å². The molecule has 6 rings (SSSR count). The molecular formula is C23H22N4O5. The molecule has 0 saturated carbocycles. The van der Waals surface area contributed by atoms with E-state index < -0.39 is 18.0 Å². The fourth-order valence-corrected chi connectivity index (χ4v) is 4.69. The van der Waals surface area contributed by atoms with Crippen molar-refractivity contribution in [3.63, 3.8) is 0 Å². The van der Waals surface area contributed by atoms with Gasteiger partial charge in [0.1, 0.15) is 0 Å². The molecular weight excluding hydrogens is 412 g/mol. The number of benzene rings is 2. The second kappa shape index (κ2) is 8.08. The molecule has 3 saturated heterocycles. The molecule has 1 unspecified atom stereocenters. The lowest BCUT2D eigenvalue weighted by molar-refractivity contribution is -0.135. The summed E-state index contributed by atoms with van der Waals surface area (Å²) in [6, 6.07) is 13.8. The van der Waals surface area contributed by atoms with Gasteiger partial charge in [0.2, 0.25) is 5.89 Å². The monoisotopic (exact) mass is 434 g/mol. The molecule has 3 fully saturated rings. The maximum Gasteiger partial charge on any atom is 0.333 e. The molecule has 32 heavy (non-hydrogen) atoms. The van der Waals surface area contributed by atoms with Gasteiger partial charge in [0, 0.05) is 37.3 Å². The Hall–Kier alpha value is -3.72. The van der Waals surface area contributed by atoms with Crippen LogP contribution in [0.5, 0.6) is 0 Å². The van der Waals surface area contributed by atoms with Gasteiger partial charge in [-0.05, 0) is 35.7 Å². The first-order valence-corrected chi connectivity index (χ1v) is 10.5. The van der Waals surface area contributed by atoms with E-state index in [9.17, 15) is 19.8 Å². The van der Waals surface area contributed by atoms with Crippen LogP contribution in [0.2, 0.25) is 0 Å². The second-order valence-corrected chi connectivity index (χ2v) is 8.13. The summed E-state index contributed by atoms with van der Waals surface area (Å²) in [4.78, 5) is 27.0. The third kappa shape index (κ3) is 3.71. The highest BCUT2D eigenvalue weighted by Gasteiger charge is 2.40. The molecule has 0 aliphatic carbocycles. The van der Waals surface area contributed by atoms with Gasteiger partial charge in [-0.1, -0.05) is 35.4 Å². The Labute approximate surface area is 183 Å². The lowest BCUT2D eigenvalue weighted by atomic mass is 10.0. The van der Waals surface area contributed by atoms with Crippen molar-refractivity contribution in [1.82, 2.24) is 15.1 Å². The maximum atomic E-state index is 11.8. The van der Waals surface area contributed by atoms with Gasteiger partial charge >= 0.3 is 18.0 Å². The van der Waals surface area contributed by atoms with Crippen molar-refractivity contribution in [3.8, 4) is 11.5 Å². The Morgan fingerprint density at radius 2 is 1.78 bits per heavy atom. The zero-order valence-corrected chi connectivity index (χ0v) is 17.2. The predicted molar refractivity (Wildman–Crippen MR) is 116 cm³/mol. The molecule has 1 atom stereocenters. The van der Waals surface area contributed by atoms with Crippen LogP contribution in [0.1, 0.15) is 12.8 Å². The summed E-state index contributed by atoms with van der Waals surface area (Å²) < 4.78 is 6.04. The molecule has 4 heterocycles. The SMILES string of the molecule is O=C(O)/C=C(/C(=O)O)C1CN(c2nnc(-c3ccc4ccccc4c3)o2)C2CCN1CC2. The zero-order chi connectivity index (χ0) is 22.2. The van der Waals surface area contributed by atoms with Crippen molar-refractivity contribution >= 4 is 28.7 Å². The highest BCUT2D eigenvalue weighted by Crippen LogP contribution is 2.33. The van der Waals surface area contributed by atoms with Gasteiger partial charge in [0.25, 0.3) is 0 Å². The maximum absolute atomic E-state index is 11.8. The summed E-state index contributed by atoms with van der Waals surface area (Å²) in [5, 5.41) is 29.5. The lowest BCUT2D eigenvalue weighted by Gasteiger charge is -2.31. The number of aromatic nitrogens is 2. The van der Waals surface area contributed by atoms with Crippen LogP contribution in [0.4, 0.5) is 6.01 Å². The molecule has 9 nitrogen and oxygen atoms in total. The van der Waals surface area contributed by atoms with Crippen LogP contribution in [-0.4, -0.2) is 69.0 Å². The standard InChI is InChI=1S/C23H22N4O5/c28-20(29)12-18(22(30)31)19-13-27(17-7-9-26(19)10-8-17)23-25-24-21(32-23)16-6-5-14-3-1-2-4-15(14)11-16/h1-6,11-12,17,19H,7-10,13H2,(H,28,29)(H,30,31)/b18-12+. The van der Waals surface area contributed by atoms with Crippen molar-refractivity contribution in [1.29, 1.82) is 0 Å². The number of carboxylic acid groups (broad SMARTS) is 2. The summed E-state index contributed by atoms with van der Waals surface area (Å²) in [6.07, 6.45) is 2.41. The van der Waals surface area contributed by atoms with Crippen LogP contribution in [0.25, 0.3) is 22.2 Å². The smallest absolute Gasteiger partial charge is 0.333 e. The molecule has 3 aliphatic rings. The minimum atomic E-state index is -1.27. The first kappa shape index (κ1) is 20.2. The second-order valence-electron chi connectivity index (χ2n) is 8.13. The van der Waals surface area contributed by atoms with E-state index in [-0.39, 0.29) is 18.2 Å². The number of aliphatic carboxylic acids is 2. The van der Waals surface area contributed by atoms with Gasteiger partial charge in [0.15, 0.2) is 0 Å². The van der Waals surface area contributed by atoms with Gasteiger partial charge in [-0.15, -0.1) is 5.10 Å². The summed E-state index contributed by atoms with van der Waals surface area (Å²) >= 11 is 0. The van der Waals surface area contributed by atoms with Crippen molar-refractivity contribution in [2.45, 2.75) is 24.9 Å². The van der Waals surface area contributed by atoms with Crippen LogP contribution in [0.3, 0.4) is 0 Å². The van der Waals surface area contributed by atoms with Crippen LogP contribution in [-0.2, 0) is 9.59 Å². The van der Waals surface area contributed by atoms with Crippen molar-refractivity contribution < 1.29 is 24.2 Å². The largest absolute Gasteiger partial charge is 0.478 e. The summed E-state index contributed by atoms with van der Waals surface area (Å²) in [5.41, 5.74) is 0.665. The Morgan fingerprint density at radius 3 is 2.50 bits per heavy atom. The van der Waals surface area contributed by atoms with E-state index >= 15 is 0 Å². The Morgan fingerprint density at radius 1 is 1.03 bits per heavy atom. The van der Waals surface area contributed by atoms with Gasteiger partial charge < -0.3 is 19.5 Å². The van der Waals surface area contributed by atoms with E-state index in [0.29, 0.717) is 25.0 Å². The van der Waals surface area contributed by atoms with Crippen LogP contribution < -0.4 is 4.90 Å². The number of piperidine rings is 1. The quantitative estimate of drug-likeness (QED) is 0.584. The third-order valence-corrected chi connectivity index (χ3v) is 6.29. The zero-order valence-electron chi connectivity index (χ0n) is 17.2. The fraction of sp³-hybridized carbons (Fsp3) is 0.304. The highest BCUT2D eigenvalue weighted by molar-refractivity contribution is 5.95. The van der Waals surface area contributed by atoms with Crippen molar-refractivity contribution in [2.75, 3.05) is 24.5 Å². The molecule has 1 aromatic heterocycles. The average molecular weight is 434 g/mol.